The molecular formula is C18H25N3O2. The Bertz CT molecular complexity index is 574. The molecular weight excluding hydrogens is 290 g/mol. The van der Waals surface area contributed by atoms with Gasteiger partial charge in [0.2, 0.25) is 11.8 Å². The van der Waals surface area contributed by atoms with Gasteiger partial charge < -0.3 is 5.32 Å². The number of nitrogens with zero attached hydrogens (tertiary/aromatic N) is 1. The van der Waals surface area contributed by atoms with E-state index in [0.29, 0.717) is 6.42 Å². The van der Waals surface area contributed by atoms with Gasteiger partial charge in [-0.15, -0.1) is 0 Å². The number of nitrogens with one attached hydrogen (secondary N) is 2. The maximum Gasteiger partial charge on any atom is 0.240 e. The Morgan fingerprint density at radius 3 is 2.48 bits per heavy atom. The molecule has 0 aliphatic heterocycles. The number of rotatable bonds is 8. The van der Waals surface area contributed by atoms with Crippen LogP contribution in [0.2, 0.25) is 0 Å². The van der Waals surface area contributed by atoms with Crippen LogP contribution in [0.3, 0.4) is 0 Å². The zero-order valence-electron chi connectivity index (χ0n) is 13.9. The lowest BCUT2D eigenvalue weighted by Gasteiger charge is -2.06. The Labute approximate surface area is 137 Å². The minimum absolute atomic E-state index is 0.0499. The topological polar surface area (TPSA) is 70.6 Å². The first kappa shape index (κ1) is 17.2. The van der Waals surface area contributed by atoms with Crippen LogP contribution in [-0.4, -0.2) is 17.5 Å². The van der Waals surface area contributed by atoms with Gasteiger partial charge in [-0.1, -0.05) is 31.9 Å². The van der Waals surface area contributed by atoms with Crippen LogP contribution < -0.4 is 10.7 Å². The first-order chi connectivity index (χ1) is 11.1. The molecule has 0 spiro atoms. The van der Waals surface area contributed by atoms with Gasteiger partial charge in [-0.25, -0.2) is 5.43 Å². The molecule has 124 valence electrons. The Morgan fingerprint density at radius 2 is 1.87 bits per heavy atom. The summed E-state index contributed by atoms with van der Waals surface area (Å²) in [6.07, 6.45) is 5.55. The third-order valence-corrected chi connectivity index (χ3v) is 3.87. The van der Waals surface area contributed by atoms with E-state index < -0.39 is 0 Å². The van der Waals surface area contributed by atoms with Gasteiger partial charge in [0.25, 0.3) is 0 Å². The summed E-state index contributed by atoms with van der Waals surface area (Å²) >= 11 is 0. The van der Waals surface area contributed by atoms with Gasteiger partial charge in [0.15, 0.2) is 0 Å². The molecule has 1 aromatic rings. The van der Waals surface area contributed by atoms with E-state index >= 15 is 0 Å². The van der Waals surface area contributed by atoms with Crippen molar-refractivity contribution in [3.63, 3.8) is 0 Å². The lowest BCUT2D eigenvalue weighted by molar-refractivity contribution is -0.121. The van der Waals surface area contributed by atoms with Crippen molar-refractivity contribution in [3.8, 4) is 0 Å². The number of benzene rings is 1. The van der Waals surface area contributed by atoms with Crippen LogP contribution in [0, 0.1) is 5.92 Å². The molecule has 2 rings (SSSR count). The number of carbonyl (C=O) groups is 2. The summed E-state index contributed by atoms with van der Waals surface area (Å²) in [5.74, 6) is 0.245. The van der Waals surface area contributed by atoms with E-state index in [9.17, 15) is 9.59 Å². The predicted octanol–water partition coefficient (Wildman–Crippen LogP) is 3.46. The molecule has 23 heavy (non-hydrogen) atoms. The molecule has 5 nitrogen and oxygen atoms in total. The van der Waals surface area contributed by atoms with E-state index in [1.165, 1.54) is 0 Å². The fourth-order valence-electron chi connectivity index (χ4n) is 2.19. The average Bonchev–Trinajstić information content (AvgIpc) is 3.38. The monoisotopic (exact) mass is 315 g/mol. The second kappa shape index (κ2) is 8.46. The SMILES string of the molecule is CCCCCC(=O)N/N=C(/C)c1ccc(NC(=O)C2CC2)cc1. The summed E-state index contributed by atoms with van der Waals surface area (Å²) in [5, 5.41) is 7.03. The summed E-state index contributed by atoms with van der Waals surface area (Å²) in [6, 6.07) is 7.50. The summed E-state index contributed by atoms with van der Waals surface area (Å²) in [5.41, 5.74) is 5.05. The Hall–Kier alpha value is -2.17. The highest BCUT2D eigenvalue weighted by molar-refractivity contribution is 6.00. The van der Waals surface area contributed by atoms with Crippen molar-refractivity contribution < 1.29 is 9.59 Å². The van der Waals surface area contributed by atoms with E-state index in [0.717, 1.165) is 49.1 Å². The Kier molecular flexibility index (Phi) is 6.32. The molecule has 0 aromatic heterocycles. The van der Waals surface area contributed by atoms with Crippen molar-refractivity contribution in [1.29, 1.82) is 0 Å². The predicted molar refractivity (Wildman–Crippen MR) is 92.3 cm³/mol. The molecule has 1 saturated carbocycles. The van der Waals surface area contributed by atoms with E-state index in [-0.39, 0.29) is 17.7 Å². The minimum Gasteiger partial charge on any atom is -0.326 e. The van der Waals surface area contributed by atoms with Gasteiger partial charge >= 0.3 is 0 Å². The normalized spacial score (nSPS) is 14.4. The molecule has 1 fully saturated rings. The fraction of sp³-hybridized carbons (Fsp3) is 0.500. The summed E-state index contributed by atoms with van der Waals surface area (Å²) in [7, 11) is 0. The molecule has 1 aliphatic rings. The van der Waals surface area contributed by atoms with Gasteiger partial charge in [-0.2, -0.15) is 5.10 Å². The maximum absolute atomic E-state index is 11.7. The van der Waals surface area contributed by atoms with Crippen LogP contribution in [0.15, 0.2) is 29.4 Å². The summed E-state index contributed by atoms with van der Waals surface area (Å²) in [6.45, 7) is 3.96. The Morgan fingerprint density at radius 1 is 1.17 bits per heavy atom. The standard InChI is InChI=1S/C18H25N3O2/c1-3-4-5-6-17(22)21-20-13(2)14-9-11-16(12-10-14)19-18(23)15-7-8-15/h9-12,15H,3-8H2,1-2H3,(H,19,23)(H,21,22)/b20-13-. The third-order valence-electron chi connectivity index (χ3n) is 3.87. The number of unbranched alkanes of at least 4 members (excludes halogenated alkanes) is 2. The number of hydrazone groups is 1. The molecule has 0 saturated heterocycles. The molecule has 0 atom stereocenters. The highest BCUT2D eigenvalue weighted by atomic mass is 16.2. The molecule has 1 aliphatic carbocycles. The number of amides is 2. The highest BCUT2D eigenvalue weighted by Crippen LogP contribution is 2.30. The van der Waals surface area contributed by atoms with E-state index in [4.69, 9.17) is 0 Å². The number of hydrogen-bond donors (Lipinski definition) is 2. The van der Waals surface area contributed by atoms with Crippen LogP contribution in [0.4, 0.5) is 5.69 Å². The first-order valence-electron chi connectivity index (χ1n) is 8.34. The summed E-state index contributed by atoms with van der Waals surface area (Å²) < 4.78 is 0. The van der Waals surface area contributed by atoms with Gasteiger partial charge in [0, 0.05) is 18.0 Å². The maximum atomic E-state index is 11.7. The molecule has 0 bridgehead atoms. The third kappa shape index (κ3) is 5.85. The van der Waals surface area contributed by atoms with Crippen molar-refractivity contribution in [2.45, 2.75) is 52.4 Å². The molecule has 0 unspecified atom stereocenters. The van der Waals surface area contributed by atoms with Crippen LogP contribution in [-0.2, 0) is 9.59 Å². The average molecular weight is 315 g/mol. The molecule has 0 radical (unpaired) electrons. The molecule has 5 heteroatoms. The smallest absolute Gasteiger partial charge is 0.240 e. The van der Waals surface area contributed by atoms with Crippen LogP contribution in [0.25, 0.3) is 0 Å². The van der Waals surface area contributed by atoms with E-state index in [2.05, 4.69) is 22.8 Å². The van der Waals surface area contributed by atoms with Crippen molar-refractivity contribution in [1.82, 2.24) is 5.43 Å². The fourth-order valence-corrected chi connectivity index (χ4v) is 2.19. The number of anilines is 1. The second-order valence-electron chi connectivity index (χ2n) is 6.03. The van der Waals surface area contributed by atoms with Crippen molar-refractivity contribution in [3.05, 3.63) is 29.8 Å². The van der Waals surface area contributed by atoms with Crippen LogP contribution >= 0.6 is 0 Å². The van der Waals surface area contributed by atoms with Gasteiger partial charge in [0.05, 0.1) is 5.71 Å². The Balaban J connectivity index is 1.83. The molecule has 0 heterocycles. The van der Waals surface area contributed by atoms with Crippen LogP contribution in [0.1, 0.15) is 57.9 Å². The lowest BCUT2D eigenvalue weighted by Crippen LogP contribution is -2.18. The van der Waals surface area contributed by atoms with Gasteiger partial charge in [-0.05, 0) is 43.9 Å². The van der Waals surface area contributed by atoms with Gasteiger partial charge in [-0.3, -0.25) is 9.59 Å². The zero-order chi connectivity index (χ0) is 16.7. The summed E-state index contributed by atoms with van der Waals surface area (Å²) in [4.78, 5) is 23.3. The highest BCUT2D eigenvalue weighted by Gasteiger charge is 2.29. The van der Waals surface area contributed by atoms with Crippen molar-refractivity contribution in [2.24, 2.45) is 11.0 Å². The second-order valence-corrected chi connectivity index (χ2v) is 6.03. The van der Waals surface area contributed by atoms with Crippen molar-refractivity contribution in [2.75, 3.05) is 5.32 Å². The molecule has 1 aromatic carbocycles. The van der Waals surface area contributed by atoms with Gasteiger partial charge in [0.1, 0.15) is 0 Å². The minimum atomic E-state index is -0.0499. The number of hydrogen-bond acceptors (Lipinski definition) is 3. The van der Waals surface area contributed by atoms with E-state index in [1.807, 2.05) is 31.2 Å². The lowest BCUT2D eigenvalue weighted by atomic mass is 10.1. The number of carbonyl (C=O) groups excluding carboxylic acids is 2. The zero-order valence-corrected chi connectivity index (χ0v) is 13.9. The quantitative estimate of drug-likeness (QED) is 0.438. The van der Waals surface area contributed by atoms with Crippen molar-refractivity contribution >= 4 is 23.2 Å². The first-order valence-corrected chi connectivity index (χ1v) is 8.34. The molecule has 2 amide bonds. The van der Waals surface area contributed by atoms with E-state index in [1.54, 1.807) is 0 Å². The molecule has 2 N–H and O–H groups in total. The van der Waals surface area contributed by atoms with Crippen LogP contribution in [0.5, 0.6) is 0 Å². The largest absolute Gasteiger partial charge is 0.326 e.